The summed E-state index contributed by atoms with van der Waals surface area (Å²) in [5.41, 5.74) is 2.65. The van der Waals surface area contributed by atoms with E-state index in [1.165, 1.54) is 17.7 Å². The Morgan fingerprint density at radius 1 is 0.886 bits per heavy atom. The monoisotopic (exact) mass is 484 g/mol. The van der Waals surface area contributed by atoms with Crippen LogP contribution in [0.25, 0.3) is 5.69 Å². The first kappa shape index (κ1) is 21.6. The highest BCUT2D eigenvalue weighted by atomic mass is 32.2. The van der Waals surface area contributed by atoms with Crippen LogP contribution in [-0.2, 0) is 15.4 Å². The molecule has 35 heavy (non-hydrogen) atoms. The minimum absolute atomic E-state index is 0.112. The Kier molecular flexibility index (Phi) is 4.82. The van der Waals surface area contributed by atoms with Crippen molar-refractivity contribution in [1.29, 1.82) is 0 Å². The van der Waals surface area contributed by atoms with E-state index in [-0.39, 0.29) is 27.4 Å². The molecule has 8 heteroatoms. The minimum atomic E-state index is -3.88. The van der Waals surface area contributed by atoms with Gasteiger partial charge >= 0.3 is 0 Å². The maximum absolute atomic E-state index is 13.2. The molecule has 0 radical (unpaired) electrons. The fourth-order valence-corrected chi connectivity index (χ4v) is 6.59. The van der Waals surface area contributed by atoms with Crippen LogP contribution in [0.4, 0.5) is 5.69 Å². The van der Waals surface area contributed by atoms with E-state index in [1.54, 1.807) is 59.7 Å². The number of amides is 1. The Balaban J connectivity index is 1.17. The largest absolute Gasteiger partial charge is 0.346 e. The van der Waals surface area contributed by atoms with Crippen LogP contribution < -0.4 is 10.0 Å². The molecular formula is C27H24N4O3S. The van der Waals surface area contributed by atoms with Gasteiger partial charge in [0.25, 0.3) is 15.9 Å². The van der Waals surface area contributed by atoms with Gasteiger partial charge in [-0.05, 0) is 61.2 Å². The van der Waals surface area contributed by atoms with Crippen molar-refractivity contribution < 1.29 is 13.2 Å². The van der Waals surface area contributed by atoms with E-state index in [4.69, 9.17) is 0 Å². The lowest BCUT2D eigenvalue weighted by Crippen LogP contribution is -2.76. The molecule has 3 aliphatic rings. The van der Waals surface area contributed by atoms with Crippen molar-refractivity contribution in [2.45, 2.75) is 35.1 Å². The van der Waals surface area contributed by atoms with Gasteiger partial charge < -0.3 is 9.88 Å². The molecule has 3 saturated carbocycles. The van der Waals surface area contributed by atoms with Crippen molar-refractivity contribution in [3.63, 3.8) is 0 Å². The molecule has 3 fully saturated rings. The van der Waals surface area contributed by atoms with E-state index in [1.807, 2.05) is 6.07 Å². The standard InChI is InChI=1S/C27H24N4O3S/c32-25(29-27-16-26(17-27,18-27)20-6-2-1-3-7-20)23-8-4-5-9-24(23)30-35(33,34)22-12-10-21(11-13-22)31-15-14-28-19-31/h1-15,19,30H,16-18H2,(H,29,32). The Bertz CT molecular complexity index is 1480. The van der Waals surface area contributed by atoms with Crippen LogP contribution in [0.5, 0.6) is 0 Å². The first-order valence-electron chi connectivity index (χ1n) is 11.5. The van der Waals surface area contributed by atoms with Gasteiger partial charge in [-0.2, -0.15) is 0 Å². The van der Waals surface area contributed by atoms with Gasteiger partial charge in [0, 0.05) is 29.0 Å². The fraction of sp³-hybridized carbons (Fsp3) is 0.185. The van der Waals surface area contributed by atoms with Gasteiger partial charge in [0.2, 0.25) is 0 Å². The highest BCUT2D eigenvalue weighted by molar-refractivity contribution is 7.92. The number of aromatic nitrogens is 2. The summed E-state index contributed by atoms with van der Waals surface area (Å²) in [7, 11) is -3.88. The van der Waals surface area contributed by atoms with Crippen LogP contribution in [0.3, 0.4) is 0 Å². The number of benzene rings is 3. The van der Waals surface area contributed by atoms with Gasteiger partial charge in [-0.3, -0.25) is 9.52 Å². The van der Waals surface area contributed by atoms with E-state index >= 15 is 0 Å². The molecule has 2 bridgehead atoms. The quantitative estimate of drug-likeness (QED) is 0.410. The van der Waals surface area contributed by atoms with Crippen LogP contribution in [0.1, 0.15) is 35.2 Å². The summed E-state index contributed by atoms with van der Waals surface area (Å²) >= 11 is 0. The molecule has 0 unspecified atom stereocenters. The molecule has 0 spiro atoms. The normalized spacial score (nSPS) is 22.5. The highest BCUT2D eigenvalue weighted by Crippen LogP contribution is 2.67. The van der Waals surface area contributed by atoms with E-state index in [0.717, 1.165) is 24.9 Å². The maximum Gasteiger partial charge on any atom is 0.261 e. The highest BCUT2D eigenvalue weighted by Gasteiger charge is 2.68. The van der Waals surface area contributed by atoms with Gasteiger partial charge in [-0.15, -0.1) is 0 Å². The average Bonchev–Trinajstić information content (AvgIpc) is 3.36. The Morgan fingerprint density at radius 3 is 2.26 bits per heavy atom. The second kappa shape index (κ2) is 7.81. The third-order valence-electron chi connectivity index (χ3n) is 7.16. The smallest absolute Gasteiger partial charge is 0.261 e. The van der Waals surface area contributed by atoms with Crippen LogP contribution in [0, 0.1) is 0 Å². The summed E-state index contributed by atoms with van der Waals surface area (Å²) in [6.07, 6.45) is 7.81. The number of nitrogens with one attached hydrogen (secondary N) is 2. The van der Waals surface area contributed by atoms with E-state index in [9.17, 15) is 13.2 Å². The third-order valence-corrected chi connectivity index (χ3v) is 8.54. The Morgan fingerprint density at radius 2 is 1.57 bits per heavy atom. The molecule has 0 atom stereocenters. The number of anilines is 1. The van der Waals surface area contributed by atoms with Crippen molar-refractivity contribution in [1.82, 2.24) is 14.9 Å². The summed E-state index contributed by atoms with van der Waals surface area (Å²) in [5.74, 6) is -0.264. The molecule has 0 saturated heterocycles. The summed E-state index contributed by atoms with van der Waals surface area (Å²) < 4.78 is 30.5. The van der Waals surface area contributed by atoms with Crippen LogP contribution in [0.2, 0.25) is 0 Å². The zero-order valence-corrected chi connectivity index (χ0v) is 19.7. The molecule has 3 aliphatic carbocycles. The molecule has 1 amide bonds. The lowest BCUT2D eigenvalue weighted by Gasteiger charge is -2.71. The molecule has 1 aromatic heterocycles. The number of hydrogen-bond acceptors (Lipinski definition) is 4. The predicted molar refractivity (Wildman–Crippen MR) is 133 cm³/mol. The summed E-state index contributed by atoms with van der Waals surface area (Å²) in [6, 6.07) is 23.6. The summed E-state index contributed by atoms with van der Waals surface area (Å²) in [4.78, 5) is 17.3. The van der Waals surface area contributed by atoms with Crippen molar-refractivity contribution in [2.75, 3.05) is 4.72 Å². The molecule has 176 valence electrons. The third kappa shape index (κ3) is 3.70. The van der Waals surface area contributed by atoms with Crippen LogP contribution in [-0.4, -0.2) is 29.4 Å². The molecule has 0 aliphatic heterocycles. The zero-order valence-electron chi connectivity index (χ0n) is 18.9. The number of carbonyl (C=O) groups is 1. The van der Waals surface area contributed by atoms with Crippen molar-refractivity contribution >= 4 is 21.6 Å². The van der Waals surface area contributed by atoms with Gasteiger partial charge in [-0.25, -0.2) is 13.4 Å². The fourth-order valence-electron chi connectivity index (χ4n) is 5.51. The maximum atomic E-state index is 13.2. The molecular weight excluding hydrogens is 460 g/mol. The number of nitrogens with zero attached hydrogens (tertiary/aromatic N) is 2. The average molecular weight is 485 g/mol. The number of carbonyl (C=O) groups excluding carboxylic acids is 1. The predicted octanol–water partition coefficient (Wildman–Crippen LogP) is 4.28. The van der Waals surface area contributed by atoms with Gasteiger partial charge in [0.1, 0.15) is 0 Å². The number of hydrogen-bond donors (Lipinski definition) is 2. The van der Waals surface area contributed by atoms with Gasteiger partial charge in [0.05, 0.1) is 22.5 Å². The molecule has 2 N–H and O–H groups in total. The van der Waals surface area contributed by atoms with Crippen molar-refractivity contribution in [3.8, 4) is 5.69 Å². The molecule has 3 aromatic carbocycles. The first-order valence-corrected chi connectivity index (χ1v) is 12.9. The SMILES string of the molecule is O=C(NC12CC(c3ccccc3)(C1)C2)c1ccccc1NS(=O)(=O)c1ccc(-n2ccnc2)cc1. The molecule has 7 nitrogen and oxygen atoms in total. The number of rotatable bonds is 7. The lowest BCUT2D eigenvalue weighted by molar-refractivity contribution is -0.0807. The second-order valence-electron chi connectivity index (χ2n) is 9.53. The Labute approximate surface area is 203 Å². The zero-order chi connectivity index (χ0) is 24.1. The number of para-hydroxylation sites is 1. The first-order chi connectivity index (χ1) is 16.9. The second-order valence-corrected chi connectivity index (χ2v) is 11.2. The van der Waals surface area contributed by atoms with Crippen molar-refractivity contribution in [2.24, 2.45) is 0 Å². The Hall–Kier alpha value is -3.91. The summed E-state index contributed by atoms with van der Waals surface area (Å²) in [5, 5.41) is 3.18. The van der Waals surface area contributed by atoms with E-state index in [2.05, 4.69) is 39.3 Å². The van der Waals surface area contributed by atoms with E-state index < -0.39 is 10.0 Å². The molecule has 7 rings (SSSR count). The van der Waals surface area contributed by atoms with Crippen molar-refractivity contribution in [3.05, 3.63) is 109 Å². The van der Waals surface area contributed by atoms with E-state index in [0.29, 0.717) is 5.56 Å². The topological polar surface area (TPSA) is 93.1 Å². The van der Waals surface area contributed by atoms with Gasteiger partial charge in [0.15, 0.2) is 0 Å². The lowest BCUT2D eigenvalue weighted by atomic mass is 9.37. The molecule has 1 heterocycles. The minimum Gasteiger partial charge on any atom is -0.346 e. The van der Waals surface area contributed by atoms with Crippen LogP contribution >= 0.6 is 0 Å². The summed E-state index contributed by atoms with van der Waals surface area (Å²) in [6.45, 7) is 0. The van der Waals surface area contributed by atoms with Gasteiger partial charge in [-0.1, -0.05) is 42.5 Å². The number of sulfonamides is 1. The van der Waals surface area contributed by atoms with Crippen LogP contribution in [0.15, 0.2) is 102 Å². The number of imidazole rings is 1. The molecule has 4 aromatic rings.